The van der Waals surface area contributed by atoms with Crippen LogP contribution in [-0.4, -0.2) is 35.4 Å². The maximum Gasteiger partial charge on any atom is 0.272 e. The summed E-state index contributed by atoms with van der Waals surface area (Å²) < 4.78 is 0. The second-order valence-corrected chi connectivity index (χ2v) is 6.64. The molecule has 0 atom stereocenters. The second-order valence-electron chi connectivity index (χ2n) is 6.64. The number of pyridine rings is 1. The zero-order chi connectivity index (χ0) is 16.4. The lowest BCUT2D eigenvalue weighted by atomic mass is 10.0. The number of aryl methyl sites for hydroxylation is 1. The van der Waals surface area contributed by atoms with Crippen molar-refractivity contribution in [3.8, 4) is 0 Å². The highest BCUT2D eigenvalue weighted by Crippen LogP contribution is 2.33. The number of hydrogen-bond donors (Lipinski definition) is 0. The molecule has 1 aromatic carbocycles. The molecule has 2 aliphatic rings. The average Bonchev–Trinajstić information content (AvgIpc) is 2.68. The molecule has 4 heteroatoms. The third kappa shape index (κ3) is 2.88. The van der Waals surface area contributed by atoms with E-state index in [9.17, 15) is 4.79 Å². The molecule has 1 fully saturated rings. The van der Waals surface area contributed by atoms with Crippen molar-refractivity contribution in [1.82, 2.24) is 9.88 Å². The van der Waals surface area contributed by atoms with Crippen molar-refractivity contribution < 1.29 is 4.79 Å². The molecule has 0 radical (unpaired) electrons. The summed E-state index contributed by atoms with van der Waals surface area (Å²) in [6.45, 7) is 2.70. The predicted octanol–water partition coefficient (Wildman–Crippen LogP) is 3.79. The highest BCUT2D eigenvalue weighted by atomic mass is 16.2. The molecular weight excluding hydrogens is 298 g/mol. The van der Waals surface area contributed by atoms with E-state index in [0.29, 0.717) is 5.69 Å². The molecule has 3 heterocycles. The summed E-state index contributed by atoms with van der Waals surface area (Å²) in [5, 5.41) is 0. The number of amides is 1. The van der Waals surface area contributed by atoms with E-state index >= 15 is 0 Å². The summed E-state index contributed by atoms with van der Waals surface area (Å²) in [7, 11) is 0. The van der Waals surface area contributed by atoms with Gasteiger partial charge in [0, 0.05) is 37.2 Å². The van der Waals surface area contributed by atoms with Crippen molar-refractivity contribution >= 4 is 17.3 Å². The van der Waals surface area contributed by atoms with Crippen LogP contribution < -0.4 is 4.90 Å². The van der Waals surface area contributed by atoms with Crippen molar-refractivity contribution in [2.45, 2.75) is 32.1 Å². The molecule has 0 unspecified atom stereocenters. The number of aromatic nitrogens is 1. The zero-order valence-electron chi connectivity index (χ0n) is 13.9. The van der Waals surface area contributed by atoms with Crippen LogP contribution in [0.2, 0.25) is 0 Å². The van der Waals surface area contributed by atoms with E-state index in [-0.39, 0.29) is 5.91 Å². The molecule has 0 saturated carbocycles. The topological polar surface area (TPSA) is 36.4 Å². The van der Waals surface area contributed by atoms with Gasteiger partial charge in [-0.3, -0.25) is 9.78 Å². The van der Waals surface area contributed by atoms with Gasteiger partial charge in [-0.05, 0) is 55.9 Å². The van der Waals surface area contributed by atoms with Crippen molar-refractivity contribution in [3.05, 3.63) is 53.9 Å². The van der Waals surface area contributed by atoms with Gasteiger partial charge in [0.05, 0.1) is 0 Å². The average molecular weight is 321 g/mol. The van der Waals surface area contributed by atoms with Gasteiger partial charge in [0.2, 0.25) is 0 Å². The van der Waals surface area contributed by atoms with Crippen molar-refractivity contribution in [2.75, 3.05) is 24.5 Å². The maximum absolute atomic E-state index is 12.7. The number of hydrogen-bond acceptors (Lipinski definition) is 3. The minimum Gasteiger partial charge on any atom is -0.341 e. The number of nitrogens with zero attached hydrogens (tertiary/aromatic N) is 3. The van der Waals surface area contributed by atoms with Crippen LogP contribution in [0.15, 0.2) is 42.6 Å². The maximum atomic E-state index is 12.7. The highest BCUT2D eigenvalue weighted by Gasteiger charge is 2.22. The Morgan fingerprint density at radius 1 is 0.958 bits per heavy atom. The molecule has 0 N–H and O–H groups in total. The van der Waals surface area contributed by atoms with E-state index in [1.807, 2.05) is 17.0 Å². The van der Waals surface area contributed by atoms with Crippen LogP contribution in [0, 0.1) is 0 Å². The Morgan fingerprint density at radius 2 is 1.79 bits per heavy atom. The summed E-state index contributed by atoms with van der Waals surface area (Å²) in [6.07, 6.45) is 7.45. The number of fused-ring (bicyclic) bond motifs is 1. The van der Waals surface area contributed by atoms with E-state index in [4.69, 9.17) is 0 Å². The van der Waals surface area contributed by atoms with Crippen LogP contribution in [0.25, 0.3) is 0 Å². The van der Waals surface area contributed by atoms with Gasteiger partial charge in [-0.2, -0.15) is 0 Å². The van der Waals surface area contributed by atoms with Gasteiger partial charge in [0.1, 0.15) is 5.69 Å². The van der Waals surface area contributed by atoms with Gasteiger partial charge in [-0.25, -0.2) is 0 Å². The van der Waals surface area contributed by atoms with Gasteiger partial charge in [0.15, 0.2) is 0 Å². The number of rotatable bonds is 2. The molecule has 0 aliphatic carbocycles. The number of likely N-dealkylation sites (tertiary alicyclic amines) is 1. The normalized spacial score (nSPS) is 17.5. The standard InChI is InChI=1S/C20H23N3O/c24-20(22-12-4-1-5-13-22)18-15-17(10-11-21-18)23-14-6-8-16-7-2-3-9-19(16)23/h2-3,7,9-11,15H,1,4-6,8,12-14H2. The Morgan fingerprint density at radius 3 is 2.67 bits per heavy atom. The number of carbonyl (C=O) groups is 1. The van der Waals surface area contributed by atoms with Gasteiger partial charge in [-0.1, -0.05) is 18.2 Å². The zero-order valence-corrected chi connectivity index (χ0v) is 13.9. The van der Waals surface area contributed by atoms with Gasteiger partial charge < -0.3 is 9.80 Å². The third-order valence-corrected chi connectivity index (χ3v) is 5.03. The van der Waals surface area contributed by atoms with Gasteiger partial charge in [-0.15, -0.1) is 0 Å². The number of anilines is 2. The van der Waals surface area contributed by atoms with E-state index in [0.717, 1.165) is 51.0 Å². The fourth-order valence-corrected chi connectivity index (χ4v) is 3.77. The molecule has 2 aliphatic heterocycles. The SMILES string of the molecule is O=C(c1cc(N2CCCc3ccccc32)ccn1)N1CCCCC1. The fourth-order valence-electron chi connectivity index (χ4n) is 3.77. The minimum atomic E-state index is 0.0712. The first-order valence-electron chi connectivity index (χ1n) is 8.94. The molecule has 4 nitrogen and oxygen atoms in total. The van der Waals surface area contributed by atoms with E-state index in [2.05, 4.69) is 34.1 Å². The number of benzene rings is 1. The molecule has 1 amide bonds. The second kappa shape index (κ2) is 6.63. The van der Waals surface area contributed by atoms with Crippen LogP contribution in [0.3, 0.4) is 0 Å². The summed E-state index contributed by atoms with van der Waals surface area (Å²) in [5.41, 5.74) is 4.27. The number of piperidine rings is 1. The third-order valence-electron chi connectivity index (χ3n) is 5.03. The molecule has 2 aromatic rings. The lowest BCUT2D eigenvalue weighted by Gasteiger charge is -2.32. The quantitative estimate of drug-likeness (QED) is 0.844. The van der Waals surface area contributed by atoms with Crippen LogP contribution in [0.1, 0.15) is 41.7 Å². The minimum absolute atomic E-state index is 0.0712. The molecule has 1 aromatic heterocycles. The van der Waals surface area contributed by atoms with Crippen molar-refractivity contribution in [3.63, 3.8) is 0 Å². The molecule has 0 bridgehead atoms. The molecule has 124 valence electrons. The summed E-state index contributed by atoms with van der Waals surface area (Å²) in [5.74, 6) is 0.0712. The Bertz CT molecular complexity index is 737. The molecule has 0 spiro atoms. The van der Waals surface area contributed by atoms with Crippen LogP contribution in [-0.2, 0) is 6.42 Å². The smallest absolute Gasteiger partial charge is 0.272 e. The lowest BCUT2D eigenvalue weighted by Crippen LogP contribution is -2.36. The first-order chi connectivity index (χ1) is 11.8. The Labute approximate surface area is 143 Å². The van der Waals surface area contributed by atoms with Gasteiger partial charge >= 0.3 is 0 Å². The van der Waals surface area contributed by atoms with Crippen molar-refractivity contribution in [1.29, 1.82) is 0 Å². The summed E-state index contributed by atoms with van der Waals surface area (Å²) in [6, 6.07) is 12.5. The summed E-state index contributed by atoms with van der Waals surface area (Å²) >= 11 is 0. The van der Waals surface area contributed by atoms with Crippen LogP contribution >= 0.6 is 0 Å². The van der Waals surface area contributed by atoms with E-state index < -0.39 is 0 Å². The molecule has 1 saturated heterocycles. The Kier molecular flexibility index (Phi) is 4.20. The predicted molar refractivity (Wildman–Crippen MR) is 95.8 cm³/mol. The summed E-state index contributed by atoms with van der Waals surface area (Å²) in [4.78, 5) is 21.3. The van der Waals surface area contributed by atoms with Gasteiger partial charge in [0.25, 0.3) is 5.91 Å². The molecule has 24 heavy (non-hydrogen) atoms. The fraction of sp³-hybridized carbons (Fsp3) is 0.400. The van der Waals surface area contributed by atoms with E-state index in [1.54, 1.807) is 6.20 Å². The Balaban J connectivity index is 1.62. The first kappa shape index (κ1) is 15.2. The Hall–Kier alpha value is -2.36. The first-order valence-corrected chi connectivity index (χ1v) is 8.94. The van der Waals surface area contributed by atoms with Crippen LogP contribution in [0.5, 0.6) is 0 Å². The van der Waals surface area contributed by atoms with Crippen molar-refractivity contribution in [2.24, 2.45) is 0 Å². The lowest BCUT2D eigenvalue weighted by molar-refractivity contribution is 0.0718. The number of para-hydroxylation sites is 1. The molecular formula is C20H23N3O. The van der Waals surface area contributed by atoms with Crippen LogP contribution in [0.4, 0.5) is 11.4 Å². The van der Waals surface area contributed by atoms with E-state index in [1.165, 1.54) is 17.7 Å². The largest absolute Gasteiger partial charge is 0.341 e. The monoisotopic (exact) mass is 321 g/mol. The molecule has 4 rings (SSSR count). The highest BCUT2D eigenvalue weighted by molar-refractivity contribution is 5.93. The number of carbonyl (C=O) groups excluding carboxylic acids is 1.